The molecule has 0 bridgehead atoms. The number of hydrogen-bond donors (Lipinski definition) is 0. The molecule has 0 saturated heterocycles. The second-order valence-electron chi connectivity index (χ2n) is 2.99. The SMILES string of the molecule is CCC(C)C(C)OC(=O)C(F)(F)F. The monoisotopic (exact) mass is 198 g/mol. The summed E-state index contributed by atoms with van der Waals surface area (Å²) in [5.74, 6) is -2.17. The Morgan fingerprint density at radius 1 is 1.38 bits per heavy atom. The molecular formula is C8H13F3O2. The lowest BCUT2D eigenvalue weighted by molar-refractivity contribution is -0.206. The summed E-state index contributed by atoms with van der Waals surface area (Å²) >= 11 is 0. The maximum Gasteiger partial charge on any atom is 0.490 e. The highest BCUT2D eigenvalue weighted by molar-refractivity contribution is 5.75. The van der Waals surface area contributed by atoms with Crippen LogP contribution >= 0.6 is 0 Å². The quantitative estimate of drug-likeness (QED) is 0.651. The van der Waals surface area contributed by atoms with Gasteiger partial charge in [0.25, 0.3) is 0 Å². The van der Waals surface area contributed by atoms with Gasteiger partial charge in [0, 0.05) is 0 Å². The molecule has 5 heteroatoms. The average molecular weight is 198 g/mol. The van der Waals surface area contributed by atoms with E-state index in [1.165, 1.54) is 6.92 Å². The molecule has 0 fully saturated rings. The van der Waals surface area contributed by atoms with Crippen molar-refractivity contribution >= 4 is 5.97 Å². The van der Waals surface area contributed by atoms with Crippen molar-refractivity contribution in [2.45, 2.75) is 39.5 Å². The first-order valence-corrected chi connectivity index (χ1v) is 4.06. The zero-order chi connectivity index (χ0) is 10.6. The summed E-state index contributed by atoms with van der Waals surface area (Å²) in [6.07, 6.45) is -4.91. The summed E-state index contributed by atoms with van der Waals surface area (Å²) in [5.41, 5.74) is 0. The van der Waals surface area contributed by atoms with Gasteiger partial charge in [-0.2, -0.15) is 13.2 Å². The molecule has 2 atom stereocenters. The van der Waals surface area contributed by atoms with Crippen molar-refractivity contribution < 1.29 is 22.7 Å². The summed E-state index contributed by atoms with van der Waals surface area (Å²) in [5, 5.41) is 0. The lowest BCUT2D eigenvalue weighted by Crippen LogP contribution is -2.31. The Labute approximate surface area is 75.1 Å². The van der Waals surface area contributed by atoms with Gasteiger partial charge >= 0.3 is 12.1 Å². The molecule has 0 aromatic carbocycles. The highest BCUT2D eigenvalue weighted by Gasteiger charge is 2.42. The predicted octanol–water partition coefficient (Wildman–Crippen LogP) is 2.53. The molecule has 2 unspecified atom stereocenters. The molecule has 0 aromatic heterocycles. The first-order chi connectivity index (χ1) is 5.79. The molecule has 78 valence electrons. The van der Waals surface area contributed by atoms with E-state index in [1.807, 2.05) is 6.92 Å². The molecule has 0 rings (SSSR count). The number of alkyl halides is 3. The van der Waals surface area contributed by atoms with Crippen molar-refractivity contribution in [3.8, 4) is 0 Å². The standard InChI is InChI=1S/C8H13F3O2/c1-4-5(2)6(3)13-7(12)8(9,10)11/h5-6H,4H2,1-3H3. The third-order valence-corrected chi connectivity index (χ3v) is 1.97. The van der Waals surface area contributed by atoms with E-state index in [1.54, 1.807) is 6.92 Å². The first kappa shape index (κ1) is 12.3. The topological polar surface area (TPSA) is 26.3 Å². The van der Waals surface area contributed by atoms with Gasteiger partial charge in [-0.15, -0.1) is 0 Å². The zero-order valence-corrected chi connectivity index (χ0v) is 7.81. The number of esters is 1. The summed E-state index contributed by atoms with van der Waals surface area (Å²) in [6.45, 7) is 5.01. The van der Waals surface area contributed by atoms with Crippen LogP contribution in [0.1, 0.15) is 27.2 Å². The summed E-state index contributed by atoms with van der Waals surface area (Å²) in [4.78, 5) is 10.3. The second kappa shape index (κ2) is 4.48. The Bertz CT molecular complexity index is 177. The molecule has 0 aromatic rings. The van der Waals surface area contributed by atoms with Gasteiger partial charge in [-0.1, -0.05) is 20.3 Å². The molecule has 0 aliphatic heterocycles. The number of ether oxygens (including phenoxy) is 1. The van der Waals surface area contributed by atoms with Gasteiger partial charge in [-0.05, 0) is 12.8 Å². The van der Waals surface area contributed by atoms with Crippen LogP contribution in [0.15, 0.2) is 0 Å². The van der Waals surface area contributed by atoms with E-state index in [2.05, 4.69) is 4.74 Å². The van der Waals surface area contributed by atoms with E-state index in [-0.39, 0.29) is 5.92 Å². The fourth-order valence-corrected chi connectivity index (χ4v) is 0.684. The van der Waals surface area contributed by atoms with Crippen molar-refractivity contribution in [2.24, 2.45) is 5.92 Å². The molecule has 0 spiro atoms. The molecule has 0 N–H and O–H groups in total. The van der Waals surface area contributed by atoms with E-state index >= 15 is 0 Å². The van der Waals surface area contributed by atoms with Crippen LogP contribution < -0.4 is 0 Å². The summed E-state index contributed by atoms with van der Waals surface area (Å²) < 4.78 is 39.3. The lowest BCUT2D eigenvalue weighted by Gasteiger charge is -2.19. The summed E-state index contributed by atoms with van der Waals surface area (Å²) in [7, 11) is 0. The van der Waals surface area contributed by atoms with Crippen LogP contribution in [0.5, 0.6) is 0 Å². The van der Waals surface area contributed by atoms with E-state index in [0.29, 0.717) is 6.42 Å². The first-order valence-electron chi connectivity index (χ1n) is 4.06. The average Bonchev–Trinajstić information content (AvgIpc) is 2.01. The van der Waals surface area contributed by atoms with E-state index in [9.17, 15) is 18.0 Å². The van der Waals surface area contributed by atoms with Crippen LogP contribution in [0.2, 0.25) is 0 Å². The van der Waals surface area contributed by atoms with E-state index in [0.717, 1.165) is 0 Å². The Morgan fingerprint density at radius 3 is 2.15 bits per heavy atom. The third kappa shape index (κ3) is 4.15. The fourth-order valence-electron chi connectivity index (χ4n) is 0.684. The van der Waals surface area contributed by atoms with Gasteiger partial charge in [0.05, 0.1) is 0 Å². The van der Waals surface area contributed by atoms with Crippen LogP contribution in [0.3, 0.4) is 0 Å². The Balaban J connectivity index is 4.07. The molecule has 0 radical (unpaired) electrons. The van der Waals surface area contributed by atoms with Crippen LogP contribution in [-0.2, 0) is 9.53 Å². The molecular weight excluding hydrogens is 185 g/mol. The highest BCUT2D eigenvalue weighted by Crippen LogP contribution is 2.20. The minimum Gasteiger partial charge on any atom is -0.456 e. The van der Waals surface area contributed by atoms with Crippen LogP contribution in [-0.4, -0.2) is 18.2 Å². The second-order valence-corrected chi connectivity index (χ2v) is 2.99. The molecule has 2 nitrogen and oxygen atoms in total. The molecule has 0 amide bonds. The van der Waals surface area contributed by atoms with E-state index in [4.69, 9.17) is 0 Å². The van der Waals surface area contributed by atoms with Gasteiger partial charge in [-0.3, -0.25) is 0 Å². The van der Waals surface area contributed by atoms with Crippen molar-refractivity contribution in [1.82, 2.24) is 0 Å². The fraction of sp³-hybridized carbons (Fsp3) is 0.875. The Morgan fingerprint density at radius 2 is 1.85 bits per heavy atom. The maximum atomic E-state index is 11.7. The molecule has 0 aliphatic rings. The van der Waals surface area contributed by atoms with E-state index < -0.39 is 18.2 Å². The van der Waals surface area contributed by atoms with Crippen LogP contribution in [0.4, 0.5) is 13.2 Å². The minimum atomic E-state index is -4.89. The van der Waals surface area contributed by atoms with Crippen molar-refractivity contribution in [3.05, 3.63) is 0 Å². The van der Waals surface area contributed by atoms with Gasteiger partial charge in [0.15, 0.2) is 0 Å². The number of halogens is 3. The highest BCUT2D eigenvalue weighted by atomic mass is 19.4. The number of rotatable bonds is 3. The molecule has 13 heavy (non-hydrogen) atoms. The van der Waals surface area contributed by atoms with Crippen molar-refractivity contribution in [1.29, 1.82) is 0 Å². The summed E-state index contributed by atoms with van der Waals surface area (Å²) in [6, 6.07) is 0. The van der Waals surface area contributed by atoms with Gasteiger partial charge < -0.3 is 4.74 Å². The van der Waals surface area contributed by atoms with Gasteiger partial charge in [0.2, 0.25) is 0 Å². The van der Waals surface area contributed by atoms with Crippen molar-refractivity contribution in [2.75, 3.05) is 0 Å². The molecule has 0 heterocycles. The van der Waals surface area contributed by atoms with Crippen LogP contribution in [0, 0.1) is 5.92 Å². The minimum absolute atomic E-state index is 0.0636. The number of carbonyl (C=O) groups is 1. The molecule has 0 aliphatic carbocycles. The van der Waals surface area contributed by atoms with Crippen LogP contribution in [0.25, 0.3) is 0 Å². The van der Waals surface area contributed by atoms with Crippen molar-refractivity contribution in [3.63, 3.8) is 0 Å². The molecule has 0 saturated carbocycles. The smallest absolute Gasteiger partial charge is 0.456 e. The maximum absolute atomic E-state index is 11.7. The largest absolute Gasteiger partial charge is 0.490 e. The Kier molecular flexibility index (Phi) is 4.23. The Hall–Kier alpha value is -0.740. The number of carbonyl (C=O) groups excluding carboxylic acids is 1. The normalized spacial score (nSPS) is 16.5. The lowest BCUT2D eigenvalue weighted by atomic mass is 10.0. The predicted molar refractivity (Wildman–Crippen MR) is 41.1 cm³/mol. The van der Waals surface area contributed by atoms with Gasteiger partial charge in [-0.25, -0.2) is 4.79 Å². The number of hydrogen-bond acceptors (Lipinski definition) is 2. The van der Waals surface area contributed by atoms with Gasteiger partial charge in [0.1, 0.15) is 6.10 Å². The third-order valence-electron chi connectivity index (χ3n) is 1.97. The zero-order valence-electron chi connectivity index (χ0n) is 7.81.